The van der Waals surface area contributed by atoms with Crippen LogP contribution in [0.1, 0.15) is 47.0 Å². The molecule has 0 aliphatic rings. The van der Waals surface area contributed by atoms with Crippen LogP contribution in [0.3, 0.4) is 0 Å². The van der Waals surface area contributed by atoms with Crippen LogP contribution in [0, 0.1) is 0 Å². The lowest BCUT2D eigenvalue weighted by Crippen LogP contribution is -3.00. The van der Waals surface area contributed by atoms with E-state index in [9.17, 15) is 4.79 Å². The maximum atomic E-state index is 11.4. The van der Waals surface area contributed by atoms with E-state index in [1.54, 1.807) is 0 Å². The van der Waals surface area contributed by atoms with Crippen LogP contribution in [0.15, 0.2) is 12.7 Å². The average molecular weight is 278 g/mol. The Labute approximate surface area is 118 Å². The van der Waals surface area contributed by atoms with Crippen LogP contribution < -0.4 is 12.4 Å². The molecule has 0 aromatic rings. The lowest BCUT2D eigenvalue weighted by Gasteiger charge is -2.42. The Balaban J connectivity index is 0. The summed E-state index contributed by atoms with van der Waals surface area (Å²) in [5.74, 6) is -0.306. The quantitative estimate of drug-likeness (QED) is 0.259. The molecular formula is C14H28ClNO2. The third kappa shape index (κ3) is 5.40. The van der Waals surface area contributed by atoms with E-state index in [1.165, 1.54) is 6.08 Å². The van der Waals surface area contributed by atoms with Gasteiger partial charge in [-0.2, -0.15) is 0 Å². The van der Waals surface area contributed by atoms with Crippen molar-refractivity contribution in [3.63, 3.8) is 0 Å². The summed E-state index contributed by atoms with van der Waals surface area (Å²) < 4.78 is 6.40. The van der Waals surface area contributed by atoms with E-state index in [2.05, 4.69) is 34.3 Å². The molecule has 0 spiro atoms. The lowest BCUT2D eigenvalue weighted by molar-refractivity contribution is -0.968. The highest BCUT2D eigenvalue weighted by Crippen LogP contribution is 2.20. The molecule has 3 nitrogen and oxygen atoms in total. The molecule has 108 valence electrons. The van der Waals surface area contributed by atoms with Gasteiger partial charge in [0.05, 0.1) is 19.6 Å². The third-order valence-electron chi connectivity index (χ3n) is 3.35. The topological polar surface area (TPSA) is 26.3 Å². The molecule has 0 amide bonds. The van der Waals surface area contributed by atoms with Gasteiger partial charge in [-0.05, 0) is 19.8 Å². The number of nitrogens with zero attached hydrogens (tertiary/aromatic N) is 1. The van der Waals surface area contributed by atoms with Gasteiger partial charge in [0, 0.05) is 12.5 Å². The summed E-state index contributed by atoms with van der Waals surface area (Å²) in [7, 11) is 0. The molecule has 0 aromatic carbocycles. The van der Waals surface area contributed by atoms with Crippen molar-refractivity contribution in [3.8, 4) is 0 Å². The van der Waals surface area contributed by atoms with Gasteiger partial charge in [0.15, 0.2) is 0 Å². The highest BCUT2D eigenvalue weighted by molar-refractivity contribution is 5.81. The minimum absolute atomic E-state index is 0. The van der Waals surface area contributed by atoms with E-state index < -0.39 is 0 Å². The second-order valence-corrected chi connectivity index (χ2v) is 4.49. The summed E-state index contributed by atoms with van der Waals surface area (Å²) in [6, 6.07) is 0. The Morgan fingerprint density at radius 3 is 2.00 bits per heavy atom. The number of esters is 1. The molecule has 0 heterocycles. The zero-order valence-corrected chi connectivity index (χ0v) is 13.0. The maximum absolute atomic E-state index is 11.4. The summed E-state index contributed by atoms with van der Waals surface area (Å²) in [6.07, 6.45) is 4.29. The van der Waals surface area contributed by atoms with Crippen LogP contribution in [0.25, 0.3) is 0 Å². The van der Waals surface area contributed by atoms with Gasteiger partial charge in [0.2, 0.25) is 6.23 Å². The van der Waals surface area contributed by atoms with Crippen molar-refractivity contribution in [2.24, 2.45) is 0 Å². The summed E-state index contributed by atoms with van der Waals surface area (Å²) in [6.45, 7) is 15.2. The Morgan fingerprint density at radius 1 is 1.22 bits per heavy atom. The minimum Gasteiger partial charge on any atom is -1.00 e. The van der Waals surface area contributed by atoms with E-state index >= 15 is 0 Å². The zero-order valence-electron chi connectivity index (χ0n) is 12.2. The van der Waals surface area contributed by atoms with Crippen molar-refractivity contribution in [3.05, 3.63) is 12.7 Å². The summed E-state index contributed by atoms with van der Waals surface area (Å²) in [5, 5.41) is 0. The largest absolute Gasteiger partial charge is 1.00 e. The maximum Gasteiger partial charge on any atom is 0.334 e. The van der Waals surface area contributed by atoms with Crippen molar-refractivity contribution in [1.29, 1.82) is 0 Å². The van der Waals surface area contributed by atoms with Crippen molar-refractivity contribution in [2.45, 2.75) is 53.2 Å². The van der Waals surface area contributed by atoms with Crippen LogP contribution in [0.2, 0.25) is 0 Å². The summed E-state index contributed by atoms with van der Waals surface area (Å²) >= 11 is 0. The van der Waals surface area contributed by atoms with Crippen LogP contribution >= 0.6 is 0 Å². The zero-order chi connectivity index (χ0) is 13.3. The number of carbonyl (C=O) groups excluding carboxylic acids is 1. The van der Waals surface area contributed by atoms with Crippen molar-refractivity contribution >= 4 is 5.97 Å². The summed E-state index contributed by atoms with van der Waals surface area (Å²) in [4.78, 5) is 11.4. The molecule has 0 saturated heterocycles. The van der Waals surface area contributed by atoms with Crippen molar-refractivity contribution in [1.82, 2.24) is 0 Å². The molecule has 1 unspecified atom stereocenters. The summed E-state index contributed by atoms with van der Waals surface area (Å²) in [5.41, 5.74) is 0. The SMILES string of the molecule is C=CC(=O)OC(CC)[N+](CC)(CCC)CCC.[Cl-]. The second-order valence-electron chi connectivity index (χ2n) is 4.49. The van der Waals surface area contributed by atoms with Gasteiger partial charge in [-0.3, -0.25) is 4.48 Å². The Morgan fingerprint density at radius 2 is 1.72 bits per heavy atom. The number of ether oxygens (including phenoxy) is 1. The fourth-order valence-electron chi connectivity index (χ4n) is 2.57. The molecule has 0 bridgehead atoms. The average Bonchev–Trinajstić information content (AvgIpc) is 2.35. The first-order valence-corrected chi connectivity index (χ1v) is 6.78. The molecule has 4 heteroatoms. The fourth-order valence-corrected chi connectivity index (χ4v) is 2.57. The van der Waals surface area contributed by atoms with Crippen LogP contribution in [-0.4, -0.2) is 36.3 Å². The Bertz CT molecular complexity index is 238. The molecule has 0 aliphatic carbocycles. The highest BCUT2D eigenvalue weighted by Gasteiger charge is 2.35. The molecule has 0 aromatic heterocycles. The highest BCUT2D eigenvalue weighted by atomic mass is 35.5. The fraction of sp³-hybridized carbons (Fsp3) is 0.786. The molecule has 0 radical (unpaired) electrons. The number of quaternary nitrogens is 1. The smallest absolute Gasteiger partial charge is 0.334 e. The number of hydrogen-bond donors (Lipinski definition) is 0. The Kier molecular flexibility index (Phi) is 11.4. The van der Waals surface area contributed by atoms with Crippen LogP contribution in [0.4, 0.5) is 0 Å². The van der Waals surface area contributed by atoms with E-state index in [0.717, 1.165) is 43.4 Å². The molecule has 0 N–H and O–H groups in total. The minimum atomic E-state index is -0.306. The lowest BCUT2D eigenvalue weighted by atomic mass is 10.2. The van der Waals surface area contributed by atoms with Crippen LogP contribution in [-0.2, 0) is 9.53 Å². The molecule has 0 saturated carbocycles. The second kappa shape index (κ2) is 10.4. The molecular weight excluding hydrogens is 250 g/mol. The van der Waals surface area contributed by atoms with E-state index in [-0.39, 0.29) is 24.6 Å². The van der Waals surface area contributed by atoms with Gasteiger partial charge >= 0.3 is 5.97 Å². The molecule has 18 heavy (non-hydrogen) atoms. The van der Waals surface area contributed by atoms with E-state index in [1.807, 2.05) is 0 Å². The van der Waals surface area contributed by atoms with Gasteiger partial charge < -0.3 is 17.1 Å². The number of hydrogen-bond acceptors (Lipinski definition) is 2. The van der Waals surface area contributed by atoms with E-state index in [0.29, 0.717) is 0 Å². The standard InChI is InChI=1S/C14H28NO2.ClH/c1-6-11-15(10-5,12-7-2)13(8-3)17-14(16)9-4;/h9,13H,4,6-8,10-12H2,1-3,5H3;1H/q+1;/p-1. The van der Waals surface area contributed by atoms with Gasteiger partial charge in [-0.15, -0.1) is 0 Å². The van der Waals surface area contributed by atoms with Gasteiger partial charge in [0.25, 0.3) is 0 Å². The first-order chi connectivity index (χ1) is 8.10. The van der Waals surface area contributed by atoms with E-state index in [4.69, 9.17) is 4.74 Å². The number of carbonyl (C=O) groups is 1. The normalized spacial score (nSPS) is 12.4. The number of halogens is 1. The third-order valence-corrected chi connectivity index (χ3v) is 3.35. The van der Waals surface area contributed by atoms with Crippen LogP contribution in [0.5, 0.6) is 0 Å². The van der Waals surface area contributed by atoms with Gasteiger partial charge in [-0.1, -0.05) is 27.4 Å². The number of rotatable bonds is 9. The van der Waals surface area contributed by atoms with Crippen molar-refractivity contribution in [2.75, 3.05) is 19.6 Å². The molecule has 1 atom stereocenters. The van der Waals surface area contributed by atoms with Gasteiger partial charge in [-0.25, -0.2) is 4.79 Å². The van der Waals surface area contributed by atoms with Crippen molar-refractivity contribution < 1.29 is 26.4 Å². The Hall–Kier alpha value is -0.540. The first-order valence-electron chi connectivity index (χ1n) is 6.78. The molecule has 0 fully saturated rings. The predicted molar refractivity (Wildman–Crippen MR) is 71.5 cm³/mol. The molecule has 0 rings (SSSR count). The first kappa shape index (κ1) is 19.8. The molecule has 0 aliphatic heterocycles. The van der Waals surface area contributed by atoms with Gasteiger partial charge in [0.1, 0.15) is 0 Å². The predicted octanol–water partition coefficient (Wildman–Crippen LogP) is 0.112. The monoisotopic (exact) mass is 277 g/mol.